The molecule has 0 spiro atoms. The molecule has 0 aromatic heterocycles. The number of hydrogen-bond acceptors (Lipinski definition) is 2. The third-order valence-corrected chi connectivity index (χ3v) is 8.01. The molecular formula is C30H62OS. The Morgan fingerprint density at radius 3 is 1.03 bits per heavy atom. The van der Waals surface area contributed by atoms with Gasteiger partial charge in [-0.25, -0.2) is 0 Å². The van der Waals surface area contributed by atoms with Gasteiger partial charge in [0.05, 0.1) is 5.44 Å². The molecule has 0 saturated carbocycles. The normalized spacial score (nSPS) is 12.5. The van der Waals surface area contributed by atoms with Crippen molar-refractivity contribution >= 4 is 11.8 Å². The Kier molecular flexibility index (Phi) is 29.6. The van der Waals surface area contributed by atoms with Crippen LogP contribution in [-0.4, -0.2) is 16.3 Å². The highest BCUT2D eigenvalue weighted by atomic mass is 32.2. The molecule has 1 N–H and O–H groups in total. The summed E-state index contributed by atoms with van der Waals surface area (Å²) in [6, 6.07) is 0. The molecule has 1 atom stereocenters. The maximum atomic E-state index is 10.2. The van der Waals surface area contributed by atoms with Gasteiger partial charge in [-0.2, -0.15) is 0 Å². The predicted molar refractivity (Wildman–Crippen MR) is 150 cm³/mol. The third-order valence-electron chi connectivity index (χ3n) is 6.86. The van der Waals surface area contributed by atoms with Crippen molar-refractivity contribution in [3.63, 3.8) is 0 Å². The van der Waals surface area contributed by atoms with E-state index in [9.17, 15) is 5.11 Å². The first-order valence-electron chi connectivity index (χ1n) is 15.1. The van der Waals surface area contributed by atoms with Crippen molar-refractivity contribution in [3.05, 3.63) is 0 Å². The molecular weight excluding hydrogens is 408 g/mol. The summed E-state index contributed by atoms with van der Waals surface area (Å²) in [6.45, 7) is 4.58. The molecule has 0 aliphatic heterocycles. The van der Waals surface area contributed by atoms with E-state index in [1.54, 1.807) is 11.8 Å². The largest absolute Gasteiger partial charge is 0.382 e. The lowest BCUT2D eigenvalue weighted by Crippen LogP contribution is -2.01. The Morgan fingerprint density at radius 1 is 0.406 bits per heavy atom. The first kappa shape index (κ1) is 32.3. The average molecular weight is 471 g/mol. The highest BCUT2D eigenvalue weighted by Crippen LogP contribution is 2.19. The van der Waals surface area contributed by atoms with Crippen molar-refractivity contribution in [1.82, 2.24) is 0 Å². The third kappa shape index (κ3) is 28.3. The lowest BCUT2D eigenvalue weighted by Gasteiger charge is -2.10. The quantitative estimate of drug-likeness (QED) is 0.0905. The van der Waals surface area contributed by atoms with E-state index in [1.807, 2.05) is 0 Å². The average Bonchev–Trinajstić information content (AvgIpc) is 2.80. The number of aliphatic hydroxyl groups excluding tert-OH is 1. The van der Waals surface area contributed by atoms with Crippen LogP contribution in [0.15, 0.2) is 0 Å². The van der Waals surface area contributed by atoms with E-state index in [4.69, 9.17) is 0 Å². The highest BCUT2D eigenvalue weighted by molar-refractivity contribution is 7.99. The van der Waals surface area contributed by atoms with Gasteiger partial charge in [-0.1, -0.05) is 168 Å². The summed E-state index contributed by atoms with van der Waals surface area (Å²) in [4.78, 5) is 0. The zero-order valence-electron chi connectivity index (χ0n) is 22.5. The standard InChI is InChI=1S/C30H62OS/c1-3-5-7-9-11-13-15-17-18-20-22-24-26-28-30(31)32-29-27-25-23-21-19-16-14-12-10-8-6-4-2/h30-31H,3-29H2,1-2H3. The van der Waals surface area contributed by atoms with Gasteiger partial charge in [-0.15, -0.1) is 11.8 Å². The summed E-state index contributed by atoms with van der Waals surface area (Å²) in [5, 5.41) is 10.2. The minimum Gasteiger partial charge on any atom is -0.382 e. The van der Waals surface area contributed by atoms with Gasteiger partial charge in [-0.3, -0.25) is 0 Å². The van der Waals surface area contributed by atoms with E-state index in [-0.39, 0.29) is 5.44 Å². The number of rotatable bonds is 28. The van der Waals surface area contributed by atoms with Crippen molar-refractivity contribution in [2.75, 3.05) is 5.75 Å². The monoisotopic (exact) mass is 470 g/mol. The van der Waals surface area contributed by atoms with Crippen molar-refractivity contribution in [2.24, 2.45) is 0 Å². The van der Waals surface area contributed by atoms with Crippen molar-refractivity contribution < 1.29 is 5.11 Å². The molecule has 0 saturated heterocycles. The van der Waals surface area contributed by atoms with Crippen LogP contribution in [0.25, 0.3) is 0 Å². The van der Waals surface area contributed by atoms with Crippen LogP contribution >= 0.6 is 11.8 Å². The van der Waals surface area contributed by atoms with Gasteiger partial charge < -0.3 is 5.11 Å². The Bertz CT molecular complexity index is 290. The smallest absolute Gasteiger partial charge is 0.0992 e. The Hall–Kier alpha value is 0.310. The molecule has 0 amide bonds. The maximum Gasteiger partial charge on any atom is 0.0992 e. The highest BCUT2D eigenvalue weighted by Gasteiger charge is 2.04. The molecule has 0 radical (unpaired) electrons. The van der Waals surface area contributed by atoms with Crippen LogP contribution in [0.4, 0.5) is 0 Å². The summed E-state index contributed by atoms with van der Waals surface area (Å²) in [6.07, 6.45) is 36.1. The summed E-state index contributed by atoms with van der Waals surface area (Å²) in [7, 11) is 0. The van der Waals surface area contributed by atoms with E-state index in [2.05, 4.69) is 13.8 Å². The van der Waals surface area contributed by atoms with Gasteiger partial charge in [0.1, 0.15) is 0 Å². The Labute approximate surface area is 208 Å². The summed E-state index contributed by atoms with van der Waals surface area (Å²) >= 11 is 1.80. The number of aliphatic hydroxyl groups is 1. The van der Waals surface area contributed by atoms with E-state index in [0.29, 0.717) is 0 Å². The van der Waals surface area contributed by atoms with Gasteiger partial charge in [0.2, 0.25) is 0 Å². The fourth-order valence-electron chi connectivity index (χ4n) is 4.58. The van der Waals surface area contributed by atoms with Crippen LogP contribution in [0.3, 0.4) is 0 Å². The first-order valence-corrected chi connectivity index (χ1v) is 16.2. The van der Waals surface area contributed by atoms with Crippen LogP contribution in [0, 0.1) is 0 Å². The molecule has 194 valence electrons. The van der Waals surface area contributed by atoms with Crippen LogP contribution in [0.2, 0.25) is 0 Å². The Balaban J connectivity index is 3.13. The fraction of sp³-hybridized carbons (Fsp3) is 1.00. The molecule has 32 heavy (non-hydrogen) atoms. The molecule has 0 heterocycles. The minimum absolute atomic E-state index is 0.115. The molecule has 1 unspecified atom stereocenters. The maximum absolute atomic E-state index is 10.2. The van der Waals surface area contributed by atoms with Crippen molar-refractivity contribution in [3.8, 4) is 0 Å². The van der Waals surface area contributed by atoms with E-state index >= 15 is 0 Å². The predicted octanol–water partition coefficient (Wildman–Crippen LogP) is 11.2. The topological polar surface area (TPSA) is 20.2 Å². The van der Waals surface area contributed by atoms with Crippen molar-refractivity contribution in [1.29, 1.82) is 0 Å². The van der Waals surface area contributed by atoms with Crippen LogP contribution in [0.5, 0.6) is 0 Å². The van der Waals surface area contributed by atoms with Gasteiger partial charge in [0, 0.05) is 0 Å². The van der Waals surface area contributed by atoms with Crippen LogP contribution in [-0.2, 0) is 0 Å². The molecule has 0 rings (SSSR count). The van der Waals surface area contributed by atoms with Gasteiger partial charge in [0.25, 0.3) is 0 Å². The summed E-state index contributed by atoms with van der Waals surface area (Å²) in [5.74, 6) is 1.15. The lowest BCUT2D eigenvalue weighted by molar-refractivity contribution is 0.247. The van der Waals surface area contributed by atoms with E-state index in [0.717, 1.165) is 12.2 Å². The van der Waals surface area contributed by atoms with Crippen molar-refractivity contribution in [2.45, 2.75) is 186 Å². The lowest BCUT2D eigenvalue weighted by atomic mass is 10.0. The fourth-order valence-corrected chi connectivity index (χ4v) is 5.56. The SMILES string of the molecule is CCCCCCCCCCCCCCCC(O)SCCCCCCCCCCCCCC. The number of thioether (sulfide) groups is 1. The summed E-state index contributed by atoms with van der Waals surface area (Å²) < 4.78 is 0. The number of unbranched alkanes of at least 4 members (excludes halogenated alkanes) is 23. The van der Waals surface area contributed by atoms with E-state index in [1.165, 1.54) is 161 Å². The first-order chi connectivity index (χ1) is 15.8. The second-order valence-corrected chi connectivity index (χ2v) is 11.5. The van der Waals surface area contributed by atoms with E-state index < -0.39 is 0 Å². The zero-order valence-corrected chi connectivity index (χ0v) is 23.3. The molecule has 0 aromatic rings. The van der Waals surface area contributed by atoms with Gasteiger partial charge in [0.15, 0.2) is 0 Å². The van der Waals surface area contributed by atoms with Crippen LogP contribution < -0.4 is 0 Å². The van der Waals surface area contributed by atoms with Gasteiger partial charge >= 0.3 is 0 Å². The van der Waals surface area contributed by atoms with Gasteiger partial charge in [-0.05, 0) is 18.6 Å². The summed E-state index contributed by atoms with van der Waals surface area (Å²) in [5.41, 5.74) is -0.115. The Morgan fingerprint density at radius 2 is 0.688 bits per heavy atom. The molecule has 2 heteroatoms. The number of hydrogen-bond donors (Lipinski definition) is 1. The molecule has 1 nitrogen and oxygen atoms in total. The molecule has 0 aromatic carbocycles. The second-order valence-electron chi connectivity index (χ2n) is 10.2. The molecule has 0 aliphatic rings. The minimum atomic E-state index is -0.115. The molecule has 0 fully saturated rings. The zero-order chi connectivity index (χ0) is 23.4. The van der Waals surface area contributed by atoms with Crippen LogP contribution in [0.1, 0.15) is 181 Å². The molecule has 0 aliphatic carbocycles. The second kappa shape index (κ2) is 29.3. The molecule has 0 bridgehead atoms.